The highest BCUT2D eigenvalue weighted by molar-refractivity contribution is 5.75. The van der Waals surface area contributed by atoms with Crippen molar-refractivity contribution in [2.75, 3.05) is 0 Å². The molecule has 0 aliphatic carbocycles. The van der Waals surface area contributed by atoms with E-state index in [1.165, 1.54) is 48.5 Å². The van der Waals surface area contributed by atoms with Crippen LogP contribution in [0.4, 0.5) is 26.3 Å². The summed E-state index contributed by atoms with van der Waals surface area (Å²) in [5.74, 6) is -19.5. The molecule has 0 unspecified atom stereocenters. The molecule has 0 radical (unpaired) electrons. The van der Waals surface area contributed by atoms with Crippen LogP contribution in [0.2, 0.25) is 0 Å². The second kappa shape index (κ2) is 5.48. The summed E-state index contributed by atoms with van der Waals surface area (Å²) < 4.78 is 86.5. The quantitative estimate of drug-likeness (QED) is 0.489. The fraction of sp³-hybridized carbons (Fsp3) is 0.176. The molecule has 27 heavy (non-hydrogen) atoms. The van der Waals surface area contributed by atoms with Crippen LogP contribution in [0.1, 0.15) is 11.6 Å². The van der Waals surface area contributed by atoms with Crippen LogP contribution in [0.3, 0.4) is 0 Å². The van der Waals surface area contributed by atoms with Crippen LogP contribution < -0.4 is 0 Å². The number of hydrogen-bond donors (Lipinski definition) is 2. The van der Waals surface area contributed by atoms with Gasteiger partial charge in [0.2, 0.25) is 0 Å². The van der Waals surface area contributed by atoms with Crippen molar-refractivity contribution < 1.29 is 26.3 Å². The van der Waals surface area contributed by atoms with E-state index in [0.29, 0.717) is 0 Å². The third-order valence-corrected chi connectivity index (χ3v) is 4.16. The minimum absolute atomic E-state index is 0.0232. The Hall–Kier alpha value is -3.04. The molecule has 4 nitrogen and oxygen atoms in total. The molecule has 2 heterocycles. The van der Waals surface area contributed by atoms with Gasteiger partial charge in [-0.3, -0.25) is 0 Å². The predicted octanol–water partition coefficient (Wildman–Crippen LogP) is 4.96. The third-order valence-electron chi connectivity index (χ3n) is 4.16. The van der Waals surface area contributed by atoms with Crippen LogP contribution in [0.5, 0.6) is 0 Å². The van der Waals surface area contributed by atoms with E-state index in [0.717, 1.165) is 0 Å². The first-order valence-electron chi connectivity index (χ1n) is 7.68. The number of aromatic nitrogens is 4. The van der Waals surface area contributed by atoms with E-state index in [9.17, 15) is 26.3 Å². The number of imidazole rings is 2. The smallest absolute Gasteiger partial charge is 0.337 e. The highest BCUT2D eigenvalue weighted by Gasteiger charge is 2.75. The Bertz CT molecular complexity index is 977. The Kier molecular flexibility index (Phi) is 3.53. The first-order chi connectivity index (χ1) is 12.6. The number of nitrogens with zero attached hydrogens (tertiary/aromatic N) is 2. The lowest BCUT2D eigenvalue weighted by atomic mass is 10.0. The van der Waals surface area contributed by atoms with Crippen molar-refractivity contribution in [1.29, 1.82) is 0 Å². The lowest BCUT2D eigenvalue weighted by molar-refractivity contribution is -0.325. The SMILES string of the molecule is FC(F)(c1nc2ccccc2[nH]1)C(F)(F)C(F)(F)c1nc2ccccc2[nH]1. The molecule has 2 aromatic carbocycles. The van der Waals surface area contributed by atoms with Gasteiger partial charge in [0.25, 0.3) is 0 Å². The summed E-state index contributed by atoms with van der Waals surface area (Å²) in [6.45, 7) is 0. The second-order valence-corrected chi connectivity index (χ2v) is 5.93. The zero-order valence-corrected chi connectivity index (χ0v) is 13.3. The van der Waals surface area contributed by atoms with Crippen molar-refractivity contribution in [3.05, 3.63) is 60.2 Å². The highest BCUT2D eigenvalue weighted by Crippen LogP contribution is 2.54. The van der Waals surface area contributed by atoms with Gasteiger partial charge < -0.3 is 9.97 Å². The Morgan fingerprint density at radius 2 is 0.963 bits per heavy atom. The van der Waals surface area contributed by atoms with Crippen LogP contribution >= 0.6 is 0 Å². The molecule has 0 saturated carbocycles. The molecule has 0 bridgehead atoms. The summed E-state index contributed by atoms with van der Waals surface area (Å²) in [4.78, 5) is 10.7. The monoisotopic (exact) mass is 384 g/mol. The molecule has 2 N–H and O–H groups in total. The maximum Gasteiger partial charge on any atom is 0.387 e. The maximum absolute atomic E-state index is 14.4. The summed E-state index contributed by atoms with van der Waals surface area (Å²) >= 11 is 0. The van der Waals surface area contributed by atoms with Crippen LogP contribution in [0, 0.1) is 0 Å². The number of halogens is 6. The first kappa shape index (κ1) is 17.4. The summed E-state index contributed by atoms with van der Waals surface area (Å²) in [7, 11) is 0. The summed E-state index contributed by atoms with van der Waals surface area (Å²) in [5, 5.41) is 0. The fourth-order valence-electron chi connectivity index (χ4n) is 2.70. The first-order valence-corrected chi connectivity index (χ1v) is 7.68. The Morgan fingerprint density at radius 1 is 0.593 bits per heavy atom. The average molecular weight is 384 g/mol. The van der Waals surface area contributed by atoms with Crippen molar-refractivity contribution in [3.63, 3.8) is 0 Å². The van der Waals surface area contributed by atoms with Crippen LogP contribution in [0.25, 0.3) is 22.1 Å². The number of nitrogens with one attached hydrogen (secondary N) is 2. The molecule has 0 aliphatic rings. The zero-order valence-electron chi connectivity index (χ0n) is 13.3. The second-order valence-electron chi connectivity index (χ2n) is 5.93. The molecular formula is C17H10F6N4. The molecule has 4 rings (SSSR count). The topological polar surface area (TPSA) is 57.4 Å². The molecule has 0 saturated heterocycles. The number of hydrogen-bond acceptors (Lipinski definition) is 2. The normalized spacial score (nSPS) is 13.6. The Balaban J connectivity index is 1.81. The van der Waals surface area contributed by atoms with E-state index in [1.54, 1.807) is 0 Å². The molecule has 0 spiro atoms. The summed E-state index contributed by atoms with van der Waals surface area (Å²) in [6, 6.07) is 11.0. The van der Waals surface area contributed by atoms with E-state index in [2.05, 4.69) is 9.97 Å². The van der Waals surface area contributed by atoms with Crippen LogP contribution in [-0.4, -0.2) is 25.9 Å². The average Bonchev–Trinajstić information content (AvgIpc) is 3.26. The lowest BCUT2D eigenvalue weighted by Crippen LogP contribution is -2.51. The van der Waals surface area contributed by atoms with E-state index >= 15 is 0 Å². The molecule has 4 aromatic rings. The van der Waals surface area contributed by atoms with Crippen molar-refractivity contribution >= 4 is 22.1 Å². The van der Waals surface area contributed by atoms with Crippen LogP contribution in [-0.2, 0) is 11.8 Å². The van der Waals surface area contributed by atoms with Gasteiger partial charge >= 0.3 is 17.8 Å². The number of alkyl halides is 6. The van der Waals surface area contributed by atoms with Gasteiger partial charge in [0.1, 0.15) is 0 Å². The van der Waals surface area contributed by atoms with E-state index in [1.807, 2.05) is 9.97 Å². The number of para-hydroxylation sites is 4. The van der Waals surface area contributed by atoms with Crippen molar-refractivity contribution in [1.82, 2.24) is 19.9 Å². The Morgan fingerprint density at radius 3 is 1.33 bits per heavy atom. The van der Waals surface area contributed by atoms with Gasteiger partial charge in [0.05, 0.1) is 22.1 Å². The van der Waals surface area contributed by atoms with Crippen molar-refractivity contribution in [2.45, 2.75) is 17.8 Å². The zero-order chi connectivity index (χ0) is 19.4. The Labute approximate surface area is 147 Å². The lowest BCUT2D eigenvalue weighted by Gasteiger charge is -2.30. The van der Waals surface area contributed by atoms with Gasteiger partial charge in [-0.25, -0.2) is 9.97 Å². The fourth-order valence-corrected chi connectivity index (χ4v) is 2.70. The van der Waals surface area contributed by atoms with Gasteiger partial charge in [-0.05, 0) is 24.3 Å². The number of aromatic amines is 2. The number of rotatable bonds is 4. The standard InChI is InChI=1S/C17H10F6N4/c18-15(19,13-24-9-5-1-2-6-10(9)25-13)17(22,23)16(20,21)14-26-11-7-3-4-8-12(11)27-14/h1-8H,(H,24,25)(H,26,27). The largest absolute Gasteiger partial charge is 0.387 e. The predicted molar refractivity (Wildman–Crippen MR) is 84.9 cm³/mol. The highest BCUT2D eigenvalue weighted by atomic mass is 19.3. The number of H-pyrrole nitrogens is 2. The summed E-state index contributed by atoms with van der Waals surface area (Å²) in [5.41, 5.74) is -0.0462. The third kappa shape index (κ3) is 2.39. The van der Waals surface area contributed by atoms with Gasteiger partial charge in [0, 0.05) is 0 Å². The minimum Gasteiger partial charge on any atom is -0.337 e. The number of fused-ring (bicyclic) bond motifs is 2. The molecule has 10 heteroatoms. The van der Waals surface area contributed by atoms with Crippen molar-refractivity contribution in [3.8, 4) is 0 Å². The number of benzene rings is 2. The molecule has 0 fully saturated rings. The summed E-state index contributed by atoms with van der Waals surface area (Å²) in [6.07, 6.45) is 0. The van der Waals surface area contributed by atoms with E-state index in [-0.39, 0.29) is 22.1 Å². The van der Waals surface area contributed by atoms with Gasteiger partial charge in [-0.1, -0.05) is 24.3 Å². The minimum atomic E-state index is -5.80. The van der Waals surface area contributed by atoms with Gasteiger partial charge in [-0.2, -0.15) is 26.3 Å². The van der Waals surface area contributed by atoms with Gasteiger partial charge in [0.15, 0.2) is 11.6 Å². The van der Waals surface area contributed by atoms with Crippen molar-refractivity contribution in [2.24, 2.45) is 0 Å². The molecule has 2 aromatic heterocycles. The van der Waals surface area contributed by atoms with E-state index < -0.39 is 29.4 Å². The van der Waals surface area contributed by atoms with Gasteiger partial charge in [-0.15, -0.1) is 0 Å². The molecule has 140 valence electrons. The molecule has 0 aliphatic heterocycles. The van der Waals surface area contributed by atoms with Crippen LogP contribution in [0.15, 0.2) is 48.5 Å². The molecule has 0 amide bonds. The van der Waals surface area contributed by atoms with E-state index in [4.69, 9.17) is 0 Å². The molecular weight excluding hydrogens is 374 g/mol. The molecule has 0 atom stereocenters. The maximum atomic E-state index is 14.4.